The second kappa shape index (κ2) is 6.20. The van der Waals surface area contributed by atoms with E-state index < -0.39 is 0 Å². The number of amides is 1. The lowest BCUT2D eigenvalue weighted by Crippen LogP contribution is -2.26. The Morgan fingerprint density at radius 2 is 2.00 bits per heavy atom. The van der Waals surface area contributed by atoms with Crippen molar-refractivity contribution in [1.82, 2.24) is 10.3 Å². The highest BCUT2D eigenvalue weighted by molar-refractivity contribution is 6.31. The molecule has 0 radical (unpaired) electrons. The van der Waals surface area contributed by atoms with Crippen molar-refractivity contribution in [2.45, 2.75) is 6.42 Å². The van der Waals surface area contributed by atoms with E-state index in [1.807, 2.05) is 6.07 Å². The van der Waals surface area contributed by atoms with Crippen LogP contribution in [0.5, 0.6) is 0 Å². The number of aromatic amines is 1. The summed E-state index contributed by atoms with van der Waals surface area (Å²) in [5, 5.41) is 4.31. The van der Waals surface area contributed by atoms with Crippen LogP contribution in [-0.2, 0) is 6.42 Å². The van der Waals surface area contributed by atoms with E-state index >= 15 is 0 Å². The lowest BCUT2D eigenvalue weighted by molar-refractivity contribution is 0.0950. The van der Waals surface area contributed by atoms with Crippen molar-refractivity contribution in [3.63, 3.8) is 0 Å². The van der Waals surface area contributed by atoms with Gasteiger partial charge >= 0.3 is 0 Å². The van der Waals surface area contributed by atoms with Gasteiger partial charge in [-0.3, -0.25) is 4.79 Å². The SMILES string of the molecule is O=C(NCCc1ccccc1F)c1cc2ccc(Cl)cc2[nH]1. The summed E-state index contributed by atoms with van der Waals surface area (Å²) in [5.74, 6) is -0.472. The molecular formula is C17H14ClFN2O. The topological polar surface area (TPSA) is 44.9 Å². The molecule has 0 aliphatic heterocycles. The smallest absolute Gasteiger partial charge is 0.267 e. The molecule has 2 aromatic carbocycles. The zero-order valence-corrected chi connectivity index (χ0v) is 12.5. The molecule has 22 heavy (non-hydrogen) atoms. The van der Waals surface area contributed by atoms with Crippen LogP contribution in [0, 0.1) is 5.82 Å². The maximum absolute atomic E-state index is 13.5. The Bertz CT molecular complexity index is 828. The van der Waals surface area contributed by atoms with Crippen molar-refractivity contribution in [2.24, 2.45) is 0 Å². The van der Waals surface area contributed by atoms with Crippen LogP contribution >= 0.6 is 11.6 Å². The van der Waals surface area contributed by atoms with E-state index in [1.165, 1.54) is 6.07 Å². The van der Waals surface area contributed by atoms with Gasteiger partial charge in [0.15, 0.2) is 0 Å². The summed E-state index contributed by atoms with van der Waals surface area (Å²) in [6.45, 7) is 0.371. The van der Waals surface area contributed by atoms with E-state index in [-0.39, 0.29) is 11.7 Å². The van der Waals surface area contributed by atoms with Crippen LogP contribution in [0.4, 0.5) is 4.39 Å². The van der Waals surface area contributed by atoms with Crippen molar-refractivity contribution in [3.8, 4) is 0 Å². The third-order valence-electron chi connectivity index (χ3n) is 3.47. The van der Waals surface area contributed by atoms with Crippen LogP contribution in [0.2, 0.25) is 5.02 Å². The maximum atomic E-state index is 13.5. The Morgan fingerprint density at radius 3 is 2.82 bits per heavy atom. The summed E-state index contributed by atoms with van der Waals surface area (Å²) in [7, 11) is 0. The Hall–Kier alpha value is -2.33. The molecule has 2 N–H and O–H groups in total. The van der Waals surface area contributed by atoms with Crippen LogP contribution < -0.4 is 5.32 Å². The number of rotatable bonds is 4. The molecule has 112 valence electrons. The van der Waals surface area contributed by atoms with Gasteiger partial charge in [0, 0.05) is 22.5 Å². The molecule has 3 aromatic rings. The van der Waals surface area contributed by atoms with Crippen LogP contribution in [0.1, 0.15) is 16.1 Å². The van der Waals surface area contributed by atoms with Crippen molar-refractivity contribution >= 4 is 28.4 Å². The van der Waals surface area contributed by atoms with Gasteiger partial charge in [-0.05, 0) is 36.2 Å². The highest BCUT2D eigenvalue weighted by Crippen LogP contribution is 2.19. The Kier molecular flexibility index (Phi) is 4.11. The van der Waals surface area contributed by atoms with Gasteiger partial charge in [-0.25, -0.2) is 4.39 Å². The van der Waals surface area contributed by atoms with E-state index in [0.29, 0.717) is 29.2 Å². The van der Waals surface area contributed by atoms with Gasteiger partial charge in [0.05, 0.1) is 0 Å². The van der Waals surface area contributed by atoms with Gasteiger partial charge in [0.25, 0.3) is 5.91 Å². The van der Waals surface area contributed by atoms with E-state index in [9.17, 15) is 9.18 Å². The third kappa shape index (κ3) is 3.12. The second-order valence-corrected chi connectivity index (χ2v) is 5.45. The van der Waals surface area contributed by atoms with Crippen molar-refractivity contribution < 1.29 is 9.18 Å². The average Bonchev–Trinajstić information content (AvgIpc) is 2.92. The number of benzene rings is 2. The molecule has 1 heterocycles. The van der Waals surface area contributed by atoms with Gasteiger partial charge in [0.1, 0.15) is 11.5 Å². The molecule has 1 aromatic heterocycles. The summed E-state index contributed by atoms with van der Waals surface area (Å²) >= 11 is 5.92. The largest absolute Gasteiger partial charge is 0.350 e. The highest BCUT2D eigenvalue weighted by atomic mass is 35.5. The van der Waals surface area contributed by atoms with E-state index in [0.717, 1.165) is 10.9 Å². The summed E-state index contributed by atoms with van der Waals surface area (Å²) in [5.41, 5.74) is 1.86. The number of hydrogen-bond acceptors (Lipinski definition) is 1. The fraction of sp³-hybridized carbons (Fsp3) is 0.118. The number of aromatic nitrogens is 1. The zero-order valence-electron chi connectivity index (χ0n) is 11.7. The zero-order chi connectivity index (χ0) is 15.5. The number of H-pyrrole nitrogens is 1. The van der Waals surface area contributed by atoms with Gasteiger partial charge in [-0.1, -0.05) is 35.9 Å². The standard InChI is InChI=1S/C17H14ClFN2O/c18-13-6-5-12-9-16(21-15(12)10-13)17(22)20-8-7-11-3-1-2-4-14(11)19/h1-6,9-10,21H,7-8H2,(H,20,22). The number of halogens is 2. The first-order chi connectivity index (χ1) is 10.6. The molecule has 1 amide bonds. The fourth-order valence-electron chi connectivity index (χ4n) is 2.33. The Balaban J connectivity index is 1.65. The van der Waals surface area contributed by atoms with Crippen molar-refractivity contribution in [2.75, 3.05) is 6.54 Å². The van der Waals surface area contributed by atoms with Gasteiger partial charge in [0.2, 0.25) is 0 Å². The van der Waals surface area contributed by atoms with Crippen LogP contribution in [0.15, 0.2) is 48.5 Å². The molecule has 0 saturated heterocycles. The number of carbonyl (C=O) groups excluding carboxylic acids is 1. The molecule has 0 aliphatic rings. The molecule has 3 rings (SSSR count). The minimum absolute atomic E-state index is 0.219. The molecule has 5 heteroatoms. The van der Waals surface area contributed by atoms with Crippen LogP contribution in [0.3, 0.4) is 0 Å². The van der Waals surface area contributed by atoms with E-state index in [1.54, 1.807) is 36.4 Å². The van der Waals surface area contributed by atoms with Gasteiger partial charge < -0.3 is 10.3 Å². The number of nitrogens with one attached hydrogen (secondary N) is 2. The molecule has 0 aliphatic carbocycles. The van der Waals surface area contributed by atoms with Crippen LogP contribution in [-0.4, -0.2) is 17.4 Å². The number of fused-ring (bicyclic) bond motifs is 1. The van der Waals surface area contributed by atoms with Gasteiger partial charge in [-0.15, -0.1) is 0 Å². The summed E-state index contributed by atoms with van der Waals surface area (Å²) in [4.78, 5) is 15.1. The van der Waals surface area contributed by atoms with Crippen molar-refractivity contribution in [1.29, 1.82) is 0 Å². The quantitative estimate of drug-likeness (QED) is 0.752. The first-order valence-corrected chi connectivity index (χ1v) is 7.31. The molecule has 3 nitrogen and oxygen atoms in total. The summed E-state index contributed by atoms with van der Waals surface area (Å²) in [6, 6.07) is 13.7. The minimum atomic E-state index is -0.253. The third-order valence-corrected chi connectivity index (χ3v) is 3.70. The fourth-order valence-corrected chi connectivity index (χ4v) is 2.50. The molecule has 0 atom stereocenters. The van der Waals surface area contributed by atoms with Gasteiger partial charge in [-0.2, -0.15) is 0 Å². The lowest BCUT2D eigenvalue weighted by atomic mass is 10.1. The monoisotopic (exact) mass is 316 g/mol. The van der Waals surface area contributed by atoms with Crippen LogP contribution in [0.25, 0.3) is 10.9 Å². The minimum Gasteiger partial charge on any atom is -0.350 e. The molecule has 0 bridgehead atoms. The maximum Gasteiger partial charge on any atom is 0.267 e. The molecular weight excluding hydrogens is 303 g/mol. The molecule has 0 unspecified atom stereocenters. The summed E-state index contributed by atoms with van der Waals surface area (Å²) in [6.07, 6.45) is 0.449. The number of hydrogen-bond donors (Lipinski definition) is 2. The van der Waals surface area contributed by atoms with E-state index in [2.05, 4.69) is 10.3 Å². The Labute approximate surface area is 132 Å². The summed E-state index contributed by atoms with van der Waals surface area (Å²) < 4.78 is 13.5. The predicted molar refractivity (Wildman–Crippen MR) is 85.7 cm³/mol. The first kappa shape index (κ1) is 14.6. The average molecular weight is 317 g/mol. The first-order valence-electron chi connectivity index (χ1n) is 6.93. The molecule has 0 saturated carbocycles. The van der Waals surface area contributed by atoms with E-state index in [4.69, 9.17) is 11.6 Å². The normalized spacial score (nSPS) is 10.8. The highest BCUT2D eigenvalue weighted by Gasteiger charge is 2.09. The predicted octanol–water partition coefficient (Wildman–Crippen LogP) is 3.93. The Morgan fingerprint density at radius 1 is 1.18 bits per heavy atom. The second-order valence-electron chi connectivity index (χ2n) is 5.01. The van der Waals surface area contributed by atoms with Crippen molar-refractivity contribution in [3.05, 3.63) is 70.6 Å². The lowest BCUT2D eigenvalue weighted by Gasteiger charge is -2.05. The molecule has 0 fully saturated rings. The molecule has 0 spiro atoms. The number of carbonyl (C=O) groups is 1.